The minimum atomic E-state index is -2.84. The Hall–Kier alpha value is -1.90. The molecule has 170 valence electrons. The summed E-state index contributed by atoms with van der Waals surface area (Å²) >= 11 is 7.77. The Kier molecular flexibility index (Phi) is 6.03. The molecule has 0 radical (unpaired) electrons. The molecule has 3 heterocycles. The number of piperazine rings is 1. The normalized spacial score (nSPS) is 20.3. The molecule has 2 aliphatic heterocycles. The minimum Gasteiger partial charge on any atom is -0.354 e. The Bertz CT molecular complexity index is 994. The monoisotopic (exact) mass is 478 g/mol. The number of aromatic nitrogens is 1. The van der Waals surface area contributed by atoms with Crippen molar-refractivity contribution in [2.75, 3.05) is 42.5 Å². The Morgan fingerprint density at radius 3 is 2.38 bits per heavy atom. The number of anilines is 2. The van der Waals surface area contributed by atoms with E-state index < -0.39 is 11.8 Å². The number of amides is 1. The summed E-state index contributed by atoms with van der Waals surface area (Å²) in [5.74, 6) is -2.70. The highest BCUT2D eigenvalue weighted by atomic mass is 35.5. The first-order valence-corrected chi connectivity index (χ1v) is 12.2. The fourth-order valence-corrected chi connectivity index (χ4v) is 5.39. The zero-order valence-electron chi connectivity index (χ0n) is 17.6. The molecule has 1 aromatic carbocycles. The second kappa shape index (κ2) is 8.80. The molecule has 0 N–H and O–H groups in total. The van der Waals surface area contributed by atoms with Gasteiger partial charge in [0, 0.05) is 61.2 Å². The molecular formula is C23H25ClF2N4OS. The van der Waals surface area contributed by atoms with E-state index in [-0.39, 0.29) is 16.6 Å². The van der Waals surface area contributed by atoms with Gasteiger partial charge in [-0.05, 0) is 67.6 Å². The molecule has 1 aromatic heterocycles. The highest BCUT2D eigenvalue weighted by Gasteiger charge is 2.48. The van der Waals surface area contributed by atoms with Gasteiger partial charge in [-0.1, -0.05) is 11.6 Å². The predicted octanol–water partition coefficient (Wildman–Crippen LogP) is 5.19. The van der Waals surface area contributed by atoms with Gasteiger partial charge in [-0.15, -0.1) is 0 Å². The maximum Gasteiger partial charge on any atom is 0.276 e. The van der Waals surface area contributed by atoms with E-state index in [2.05, 4.69) is 9.29 Å². The van der Waals surface area contributed by atoms with Crippen molar-refractivity contribution in [3.05, 3.63) is 47.1 Å². The molecule has 9 heteroatoms. The van der Waals surface area contributed by atoms with E-state index in [0.717, 1.165) is 36.6 Å². The number of carbonyl (C=O) groups excluding carboxylic acids is 1. The molecular weight excluding hydrogens is 454 g/mol. The lowest BCUT2D eigenvalue weighted by Gasteiger charge is -2.35. The molecule has 32 heavy (non-hydrogen) atoms. The first-order chi connectivity index (χ1) is 15.4. The van der Waals surface area contributed by atoms with Crippen LogP contribution in [0.15, 0.2) is 41.3 Å². The largest absolute Gasteiger partial charge is 0.354 e. The lowest BCUT2D eigenvalue weighted by Crippen LogP contribution is -2.43. The summed E-state index contributed by atoms with van der Waals surface area (Å²) in [7, 11) is 0. The van der Waals surface area contributed by atoms with Gasteiger partial charge >= 0.3 is 0 Å². The number of alkyl halides is 2. The third kappa shape index (κ3) is 4.58. The van der Waals surface area contributed by atoms with E-state index in [4.69, 9.17) is 11.6 Å². The van der Waals surface area contributed by atoms with E-state index >= 15 is 0 Å². The van der Waals surface area contributed by atoms with Crippen molar-refractivity contribution in [1.29, 1.82) is 0 Å². The van der Waals surface area contributed by atoms with E-state index in [1.54, 1.807) is 11.9 Å². The van der Waals surface area contributed by atoms with Gasteiger partial charge in [0.1, 0.15) is 11.0 Å². The van der Waals surface area contributed by atoms with Crippen molar-refractivity contribution >= 4 is 41.0 Å². The van der Waals surface area contributed by atoms with Crippen molar-refractivity contribution in [3.8, 4) is 0 Å². The first kappa shape index (κ1) is 21.9. The van der Waals surface area contributed by atoms with Crippen LogP contribution in [0.1, 0.15) is 31.2 Å². The van der Waals surface area contributed by atoms with Crippen molar-refractivity contribution in [1.82, 2.24) is 9.29 Å². The molecule has 2 aromatic rings. The second-order valence-corrected chi connectivity index (χ2v) is 10.1. The number of benzene rings is 1. The summed E-state index contributed by atoms with van der Waals surface area (Å²) in [6.45, 7) is 3.72. The summed E-state index contributed by atoms with van der Waals surface area (Å²) in [4.78, 5) is 21.2. The van der Waals surface area contributed by atoms with Gasteiger partial charge in [-0.3, -0.25) is 4.79 Å². The summed E-state index contributed by atoms with van der Waals surface area (Å²) < 4.78 is 31.4. The van der Waals surface area contributed by atoms with Crippen LogP contribution in [-0.2, 0) is 10.7 Å². The Morgan fingerprint density at radius 2 is 1.75 bits per heavy atom. The number of rotatable bonds is 6. The molecule has 3 aliphatic rings. The first-order valence-electron chi connectivity index (χ1n) is 11.0. The third-order valence-electron chi connectivity index (χ3n) is 6.27. The van der Waals surface area contributed by atoms with Crippen molar-refractivity contribution in [3.63, 3.8) is 0 Å². The third-order valence-corrected chi connectivity index (χ3v) is 7.57. The Balaban J connectivity index is 1.19. The molecule has 1 aliphatic carbocycles. The summed E-state index contributed by atoms with van der Waals surface area (Å²) in [5, 5.41) is 0.117. The average Bonchev–Trinajstić information content (AvgIpc) is 3.57. The molecule has 3 fully saturated rings. The quantitative estimate of drug-likeness (QED) is 0.422. The van der Waals surface area contributed by atoms with Crippen LogP contribution in [0.3, 0.4) is 0 Å². The van der Waals surface area contributed by atoms with E-state index in [1.165, 1.54) is 12.1 Å². The summed E-state index contributed by atoms with van der Waals surface area (Å²) in [6.07, 6.45) is 2.67. The maximum atomic E-state index is 14.6. The Labute approximate surface area is 195 Å². The predicted molar refractivity (Wildman–Crippen MR) is 124 cm³/mol. The highest BCUT2D eigenvalue weighted by Crippen LogP contribution is 2.50. The van der Waals surface area contributed by atoms with Crippen LogP contribution >= 0.6 is 23.5 Å². The Morgan fingerprint density at radius 1 is 1.03 bits per heavy atom. The highest BCUT2D eigenvalue weighted by molar-refractivity contribution is 7.97. The van der Waals surface area contributed by atoms with Crippen molar-refractivity contribution in [2.24, 2.45) is 5.92 Å². The van der Waals surface area contributed by atoms with E-state index in [0.29, 0.717) is 38.2 Å². The standard InChI is InChI=1S/C23H25ClF2N4OS/c24-20-14-17(23(25,26)16-3-4-16)15-21(27-20)28-10-12-29(13-11-28)32-19-7-5-18(6-8-19)30-9-1-2-22(30)31/h5-8,14-16H,1-4,9-13H2. The fourth-order valence-electron chi connectivity index (χ4n) is 4.28. The molecule has 1 saturated carbocycles. The molecule has 0 spiro atoms. The topological polar surface area (TPSA) is 39.7 Å². The number of halogens is 3. The van der Waals surface area contributed by atoms with Gasteiger partial charge in [0.15, 0.2) is 0 Å². The van der Waals surface area contributed by atoms with Crippen LogP contribution in [0, 0.1) is 5.92 Å². The van der Waals surface area contributed by atoms with Gasteiger partial charge in [0.2, 0.25) is 5.91 Å². The van der Waals surface area contributed by atoms with Crippen LogP contribution < -0.4 is 9.80 Å². The average molecular weight is 479 g/mol. The number of hydrogen-bond donors (Lipinski definition) is 0. The molecule has 0 bridgehead atoms. The maximum absolute atomic E-state index is 14.6. The van der Waals surface area contributed by atoms with Crippen LogP contribution in [-0.4, -0.2) is 47.9 Å². The number of hydrogen-bond acceptors (Lipinski definition) is 5. The number of carbonyl (C=O) groups is 1. The van der Waals surface area contributed by atoms with E-state index in [9.17, 15) is 13.6 Å². The molecule has 0 atom stereocenters. The number of nitrogens with zero attached hydrogens (tertiary/aromatic N) is 4. The van der Waals surface area contributed by atoms with Crippen molar-refractivity contribution in [2.45, 2.75) is 36.5 Å². The smallest absolute Gasteiger partial charge is 0.276 e. The van der Waals surface area contributed by atoms with Crippen LogP contribution in [0.25, 0.3) is 0 Å². The molecule has 5 nitrogen and oxygen atoms in total. The molecule has 0 unspecified atom stereocenters. The summed E-state index contributed by atoms with van der Waals surface area (Å²) in [5.41, 5.74) is 0.927. The van der Waals surface area contributed by atoms with Crippen LogP contribution in [0.2, 0.25) is 5.15 Å². The molecule has 2 saturated heterocycles. The van der Waals surface area contributed by atoms with Crippen molar-refractivity contribution < 1.29 is 13.6 Å². The zero-order chi connectivity index (χ0) is 22.3. The van der Waals surface area contributed by atoms with Gasteiger partial charge in [0.25, 0.3) is 5.92 Å². The van der Waals surface area contributed by atoms with E-state index in [1.807, 2.05) is 34.1 Å². The van der Waals surface area contributed by atoms with Crippen LogP contribution in [0.5, 0.6) is 0 Å². The lowest BCUT2D eigenvalue weighted by atomic mass is 10.1. The molecule has 1 amide bonds. The van der Waals surface area contributed by atoms with Gasteiger partial charge in [-0.2, -0.15) is 0 Å². The second-order valence-electron chi connectivity index (χ2n) is 8.58. The zero-order valence-corrected chi connectivity index (χ0v) is 19.2. The fraction of sp³-hybridized carbons (Fsp3) is 0.478. The van der Waals surface area contributed by atoms with Crippen LogP contribution in [0.4, 0.5) is 20.3 Å². The van der Waals surface area contributed by atoms with Gasteiger partial charge in [0.05, 0.1) is 0 Å². The molecule has 5 rings (SSSR count). The minimum absolute atomic E-state index is 0.0246. The summed E-state index contributed by atoms with van der Waals surface area (Å²) in [6, 6.07) is 10.9. The van der Waals surface area contributed by atoms with Gasteiger partial charge < -0.3 is 9.80 Å². The lowest BCUT2D eigenvalue weighted by molar-refractivity contribution is -0.117. The number of pyridine rings is 1. The van der Waals surface area contributed by atoms with Gasteiger partial charge in [-0.25, -0.2) is 18.1 Å². The SMILES string of the molecule is O=C1CCCN1c1ccc(SN2CCN(c3cc(C(F)(F)C4CC4)cc(Cl)n3)CC2)cc1.